The third-order valence-corrected chi connectivity index (χ3v) is 3.42. The first kappa shape index (κ1) is 15.6. The van der Waals surface area contributed by atoms with Crippen molar-refractivity contribution in [1.29, 1.82) is 0 Å². The van der Waals surface area contributed by atoms with Crippen molar-refractivity contribution in [2.24, 2.45) is 0 Å². The summed E-state index contributed by atoms with van der Waals surface area (Å²) < 4.78 is 5.86. The Labute approximate surface area is 126 Å². The van der Waals surface area contributed by atoms with Gasteiger partial charge in [-0.3, -0.25) is 9.69 Å². The fraction of sp³-hybridized carbons (Fsp3) is 0.471. The molecule has 0 aliphatic carbocycles. The van der Waals surface area contributed by atoms with Crippen LogP contribution in [0.15, 0.2) is 34.7 Å². The number of carbonyl (C=O) groups excluding carboxylic acids is 1. The van der Waals surface area contributed by atoms with Gasteiger partial charge in [-0.15, -0.1) is 0 Å². The number of para-hydroxylation sites is 1. The number of hydrogen-bond donors (Lipinski definition) is 1. The van der Waals surface area contributed by atoms with Crippen LogP contribution in [-0.2, 0) is 4.79 Å². The largest absolute Gasteiger partial charge is 0.459 e. The van der Waals surface area contributed by atoms with E-state index in [1.807, 2.05) is 70.0 Å². The maximum atomic E-state index is 12.0. The van der Waals surface area contributed by atoms with Gasteiger partial charge in [-0.25, -0.2) is 0 Å². The van der Waals surface area contributed by atoms with Gasteiger partial charge in [0.15, 0.2) is 0 Å². The monoisotopic (exact) mass is 288 g/mol. The fourth-order valence-corrected chi connectivity index (χ4v) is 2.25. The van der Waals surface area contributed by atoms with Crippen molar-refractivity contribution in [3.63, 3.8) is 0 Å². The summed E-state index contributed by atoms with van der Waals surface area (Å²) in [5.41, 5.74) is 0.674. The van der Waals surface area contributed by atoms with E-state index in [1.54, 1.807) is 0 Å². The maximum absolute atomic E-state index is 12.0. The maximum Gasteiger partial charge on any atom is 0.234 e. The van der Waals surface area contributed by atoms with Gasteiger partial charge in [0.05, 0.1) is 12.6 Å². The Balaban J connectivity index is 2.05. The predicted molar refractivity (Wildman–Crippen MR) is 85.2 cm³/mol. The first-order valence-corrected chi connectivity index (χ1v) is 7.26. The van der Waals surface area contributed by atoms with Crippen molar-refractivity contribution >= 4 is 16.9 Å². The second-order valence-electron chi connectivity index (χ2n) is 6.58. The van der Waals surface area contributed by atoms with Crippen LogP contribution >= 0.6 is 0 Å². The molecule has 0 saturated heterocycles. The molecule has 4 nitrogen and oxygen atoms in total. The number of amides is 1. The number of fused-ring (bicyclic) bond motifs is 1. The average molecular weight is 288 g/mol. The van der Waals surface area contributed by atoms with E-state index in [1.165, 1.54) is 0 Å². The average Bonchev–Trinajstić information content (AvgIpc) is 2.78. The topological polar surface area (TPSA) is 45.5 Å². The quantitative estimate of drug-likeness (QED) is 0.938. The van der Waals surface area contributed by atoms with Crippen LogP contribution in [0.5, 0.6) is 0 Å². The zero-order valence-corrected chi connectivity index (χ0v) is 13.4. The van der Waals surface area contributed by atoms with Gasteiger partial charge in [-0.2, -0.15) is 0 Å². The van der Waals surface area contributed by atoms with E-state index in [9.17, 15) is 4.79 Å². The fourth-order valence-electron chi connectivity index (χ4n) is 2.25. The molecule has 2 aromatic rings. The Hall–Kier alpha value is -1.81. The Bertz CT molecular complexity index is 592. The minimum absolute atomic E-state index is 0.0213. The molecule has 0 bridgehead atoms. The van der Waals surface area contributed by atoms with Crippen molar-refractivity contribution in [2.45, 2.75) is 39.3 Å². The molecule has 2 rings (SSSR count). The highest BCUT2D eigenvalue weighted by molar-refractivity contribution is 5.79. The second kappa shape index (κ2) is 5.90. The van der Waals surface area contributed by atoms with E-state index in [2.05, 4.69) is 5.32 Å². The molecule has 0 fully saturated rings. The van der Waals surface area contributed by atoms with Gasteiger partial charge in [0.25, 0.3) is 0 Å². The molecule has 0 spiro atoms. The lowest BCUT2D eigenvalue weighted by Crippen LogP contribution is -2.45. The minimum atomic E-state index is -0.208. The third kappa shape index (κ3) is 4.08. The number of rotatable bonds is 4. The van der Waals surface area contributed by atoms with Crippen LogP contribution in [0.1, 0.15) is 39.5 Å². The van der Waals surface area contributed by atoms with Crippen molar-refractivity contribution in [1.82, 2.24) is 10.2 Å². The molecule has 1 N–H and O–H groups in total. The number of nitrogens with one attached hydrogen (secondary N) is 1. The van der Waals surface area contributed by atoms with Crippen LogP contribution in [0, 0.1) is 0 Å². The van der Waals surface area contributed by atoms with Gasteiger partial charge in [-0.1, -0.05) is 18.2 Å². The lowest BCUT2D eigenvalue weighted by atomic mass is 10.1. The summed E-state index contributed by atoms with van der Waals surface area (Å²) in [6, 6.07) is 10.0. The highest BCUT2D eigenvalue weighted by atomic mass is 16.3. The van der Waals surface area contributed by atoms with Gasteiger partial charge in [-0.05, 0) is 46.9 Å². The Morgan fingerprint density at radius 2 is 2.00 bits per heavy atom. The number of nitrogens with zero attached hydrogens (tertiary/aromatic N) is 1. The van der Waals surface area contributed by atoms with Gasteiger partial charge in [0.1, 0.15) is 11.3 Å². The molecule has 1 unspecified atom stereocenters. The molecule has 0 aliphatic heterocycles. The molecule has 1 aromatic heterocycles. The van der Waals surface area contributed by atoms with Crippen LogP contribution < -0.4 is 5.32 Å². The van der Waals surface area contributed by atoms with Crippen LogP contribution in [0.3, 0.4) is 0 Å². The summed E-state index contributed by atoms with van der Waals surface area (Å²) in [4.78, 5) is 14.0. The molecule has 1 aromatic carbocycles. The standard InChI is InChI=1S/C17H24N2O2/c1-12(19(5)11-16(20)18-17(2,3)4)15-10-13-8-6-7-9-14(13)21-15/h6-10,12H,11H2,1-5H3,(H,18,20). The van der Waals surface area contributed by atoms with Crippen LogP contribution in [0.25, 0.3) is 11.0 Å². The first-order valence-electron chi connectivity index (χ1n) is 7.26. The van der Waals surface area contributed by atoms with Gasteiger partial charge in [0, 0.05) is 10.9 Å². The molecular formula is C17H24N2O2. The third-order valence-electron chi connectivity index (χ3n) is 3.42. The summed E-state index contributed by atoms with van der Waals surface area (Å²) in [5, 5.41) is 4.06. The Morgan fingerprint density at radius 1 is 1.33 bits per heavy atom. The number of furan rings is 1. The van der Waals surface area contributed by atoms with E-state index in [4.69, 9.17) is 4.42 Å². The first-order chi connectivity index (χ1) is 9.76. The second-order valence-corrected chi connectivity index (χ2v) is 6.58. The van der Waals surface area contributed by atoms with E-state index in [0.717, 1.165) is 16.7 Å². The molecule has 0 aliphatic rings. The van der Waals surface area contributed by atoms with Crippen LogP contribution in [0.4, 0.5) is 0 Å². The molecule has 114 valence electrons. The van der Waals surface area contributed by atoms with Crippen molar-refractivity contribution < 1.29 is 9.21 Å². The predicted octanol–water partition coefficient (Wildman–Crippen LogP) is 3.34. The summed E-state index contributed by atoms with van der Waals surface area (Å²) in [7, 11) is 1.93. The lowest BCUT2D eigenvalue weighted by Gasteiger charge is -2.26. The number of benzene rings is 1. The highest BCUT2D eigenvalue weighted by Crippen LogP contribution is 2.26. The highest BCUT2D eigenvalue weighted by Gasteiger charge is 2.20. The van der Waals surface area contributed by atoms with Crippen molar-refractivity contribution in [3.8, 4) is 0 Å². The summed E-state index contributed by atoms with van der Waals surface area (Å²) >= 11 is 0. The van der Waals surface area contributed by atoms with Gasteiger partial charge < -0.3 is 9.73 Å². The Morgan fingerprint density at radius 3 is 2.62 bits per heavy atom. The summed E-state index contributed by atoms with van der Waals surface area (Å²) in [6.45, 7) is 8.33. The molecule has 1 heterocycles. The zero-order chi connectivity index (χ0) is 15.6. The van der Waals surface area contributed by atoms with Crippen LogP contribution in [-0.4, -0.2) is 29.9 Å². The smallest absolute Gasteiger partial charge is 0.234 e. The lowest BCUT2D eigenvalue weighted by molar-refractivity contribution is -0.123. The molecule has 0 saturated carbocycles. The van der Waals surface area contributed by atoms with Crippen LogP contribution in [0.2, 0.25) is 0 Å². The molecule has 1 atom stereocenters. The molecule has 4 heteroatoms. The molecule has 0 radical (unpaired) electrons. The van der Waals surface area contributed by atoms with E-state index >= 15 is 0 Å². The van der Waals surface area contributed by atoms with Crippen molar-refractivity contribution in [3.05, 3.63) is 36.1 Å². The minimum Gasteiger partial charge on any atom is -0.459 e. The van der Waals surface area contributed by atoms with Crippen molar-refractivity contribution in [2.75, 3.05) is 13.6 Å². The summed E-state index contributed by atoms with van der Waals surface area (Å²) in [6.07, 6.45) is 0. The zero-order valence-electron chi connectivity index (χ0n) is 13.4. The number of likely N-dealkylation sites (N-methyl/N-ethyl adjacent to an activating group) is 1. The van der Waals surface area contributed by atoms with E-state index in [0.29, 0.717) is 6.54 Å². The van der Waals surface area contributed by atoms with E-state index in [-0.39, 0.29) is 17.5 Å². The van der Waals surface area contributed by atoms with Gasteiger partial charge in [0.2, 0.25) is 5.91 Å². The van der Waals surface area contributed by atoms with E-state index < -0.39 is 0 Å². The SMILES string of the molecule is CC(c1cc2ccccc2o1)N(C)CC(=O)NC(C)(C)C. The molecular weight excluding hydrogens is 264 g/mol. The molecule has 1 amide bonds. The number of carbonyl (C=O) groups is 1. The normalized spacial score (nSPS) is 13.6. The Kier molecular flexibility index (Phi) is 4.37. The number of hydrogen-bond acceptors (Lipinski definition) is 3. The summed E-state index contributed by atoms with van der Waals surface area (Å²) in [5.74, 6) is 0.898. The molecule has 21 heavy (non-hydrogen) atoms. The van der Waals surface area contributed by atoms with Gasteiger partial charge >= 0.3 is 0 Å².